The number of aromatic nitrogens is 1. The Labute approximate surface area is 142 Å². The first kappa shape index (κ1) is 15.2. The molecule has 0 amide bonds. The van der Waals surface area contributed by atoms with Crippen molar-refractivity contribution >= 4 is 11.6 Å². The van der Waals surface area contributed by atoms with Crippen molar-refractivity contribution in [3.63, 3.8) is 0 Å². The summed E-state index contributed by atoms with van der Waals surface area (Å²) in [7, 11) is 2.27. The Morgan fingerprint density at radius 2 is 2.04 bits per heavy atom. The quantitative estimate of drug-likeness (QED) is 0.800. The number of fused-ring (bicyclic) bond motifs is 2. The molecule has 4 atom stereocenters. The molecule has 1 aromatic carbocycles. The topological polar surface area (TPSA) is 29.3 Å². The Balaban J connectivity index is 1.77. The van der Waals surface area contributed by atoms with Crippen molar-refractivity contribution in [3.8, 4) is 0 Å². The molecule has 0 saturated carbocycles. The predicted octanol–water partition coefficient (Wildman–Crippen LogP) is 4.68. The van der Waals surface area contributed by atoms with Gasteiger partial charge in [0.1, 0.15) is 5.76 Å². The highest BCUT2D eigenvalue weighted by Gasteiger charge is 2.48. The summed E-state index contributed by atoms with van der Waals surface area (Å²) in [5.74, 6) is 1.89. The molecule has 0 spiro atoms. The van der Waals surface area contributed by atoms with Gasteiger partial charge in [-0.1, -0.05) is 28.9 Å². The second-order valence-electron chi connectivity index (χ2n) is 7.21. The summed E-state index contributed by atoms with van der Waals surface area (Å²) >= 11 is 6.23. The van der Waals surface area contributed by atoms with Crippen LogP contribution in [0.2, 0.25) is 5.02 Å². The van der Waals surface area contributed by atoms with Crippen LogP contribution in [-0.2, 0) is 0 Å². The van der Waals surface area contributed by atoms with Crippen LogP contribution in [0, 0.1) is 13.8 Å². The fourth-order valence-electron chi connectivity index (χ4n) is 4.64. The molecule has 4 heteroatoms. The molecule has 2 fully saturated rings. The molecule has 1 aromatic heterocycles. The highest BCUT2D eigenvalue weighted by molar-refractivity contribution is 6.31. The average molecular weight is 331 g/mol. The SMILES string of the molecule is Cc1cc([C@H]2[C@@H](c3ccc(Cl)c(C)c3)C[C@@H]3CC[C@H]2N3C)on1. The molecule has 2 saturated heterocycles. The Morgan fingerprint density at radius 1 is 1.22 bits per heavy atom. The van der Waals surface area contributed by atoms with Gasteiger partial charge < -0.3 is 4.52 Å². The van der Waals surface area contributed by atoms with Gasteiger partial charge in [0.15, 0.2) is 0 Å². The molecule has 3 heterocycles. The third-order valence-corrected chi connectivity index (χ3v) is 6.28. The number of piperidine rings is 1. The lowest BCUT2D eigenvalue weighted by Crippen LogP contribution is -2.44. The molecule has 4 rings (SSSR count). The van der Waals surface area contributed by atoms with Gasteiger partial charge in [-0.05, 0) is 63.3 Å². The first-order valence-electron chi connectivity index (χ1n) is 8.46. The summed E-state index contributed by atoms with van der Waals surface area (Å²) in [5.41, 5.74) is 3.51. The molecule has 0 aliphatic carbocycles. The normalized spacial score (nSPS) is 30.8. The zero-order valence-electron chi connectivity index (χ0n) is 13.9. The van der Waals surface area contributed by atoms with E-state index in [0.717, 1.165) is 22.0 Å². The number of aryl methyl sites for hydroxylation is 2. The van der Waals surface area contributed by atoms with Gasteiger partial charge in [-0.2, -0.15) is 0 Å². The van der Waals surface area contributed by atoms with E-state index in [0.29, 0.717) is 23.9 Å². The van der Waals surface area contributed by atoms with Crippen molar-refractivity contribution in [2.45, 2.75) is 57.0 Å². The minimum Gasteiger partial charge on any atom is -0.361 e. The molecule has 2 aliphatic heterocycles. The van der Waals surface area contributed by atoms with Gasteiger partial charge in [-0.25, -0.2) is 0 Å². The Kier molecular flexibility index (Phi) is 3.73. The zero-order chi connectivity index (χ0) is 16.1. The summed E-state index contributed by atoms with van der Waals surface area (Å²) in [6, 6.07) is 9.83. The summed E-state index contributed by atoms with van der Waals surface area (Å²) in [6.07, 6.45) is 3.71. The monoisotopic (exact) mass is 330 g/mol. The molecule has 23 heavy (non-hydrogen) atoms. The lowest BCUT2D eigenvalue weighted by molar-refractivity contribution is 0.122. The van der Waals surface area contributed by atoms with E-state index in [-0.39, 0.29) is 0 Å². The van der Waals surface area contributed by atoms with Crippen LogP contribution in [0.25, 0.3) is 0 Å². The number of benzene rings is 1. The van der Waals surface area contributed by atoms with Crippen LogP contribution in [0.15, 0.2) is 28.8 Å². The molecule has 122 valence electrons. The molecule has 0 radical (unpaired) electrons. The number of hydrogen-bond donors (Lipinski definition) is 0. The van der Waals surface area contributed by atoms with Gasteiger partial charge in [-0.3, -0.25) is 4.90 Å². The van der Waals surface area contributed by atoms with Crippen LogP contribution in [0.1, 0.15) is 53.7 Å². The first-order chi connectivity index (χ1) is 11.0. The van der Waals surface area contributed by atoms with Crippen molar-refractivity contribution < 1.29 is 4.52 Å². The van der Waals surface area contributed by atoms with Crippen LogP contribution in [0.4, 0.5) is 0 Å². The second-order valence-corrected chi connectivity index (χ2v) is 7.62. The Hall–Kier alpha value is -1.32. The predicted molar refractivity (Wildman–Crippen MR) is 92.1 cm³/mol. The molecule has 2 aliphatic rings. The van der Waals surface area contributed by atoms with Crippen molar-refractivity contribution in [3.05, 3.63) is 51.9 Å². The molecule has 2 bridgehead atoms. The van der Waals surface area contributed by atoms with E-state index in [4.69, 9.17) is 16.1 Å². The number of likely N-dealkylation sites (N-methyl/N-ethyl adjacent to an activating group) is 1. The van der Waals surface area contributed by atoms with Gasteiger partial charge in [0.05, 0.1) is 5.69 Å². The lowest BCUT2D eigenvalue weighted by Gasteiger charge is -2.42. The Bertz CT molecular complexity index is 726. The van der Waals surface area contributed by atoms with Gasteiger partial charge in [-0.15, -0.1) is 0 Å². The van der Waals surface area contributed by atoms with Gasteiger partial charge >= 0.3 is 0 Å². The maximum atomic E-state index is 6.23. The van der Waals surface area contributed by atoms with Crippen molar-refractivity contribution in [1.29, 1.82) is 0 Å². The van der Waals surface area contributed by atoms with E-state index in [1.807, 2.05) is 13.0 Å². The zero-order valence-corrected chi connectivity index (χ0v) is 14.7. The van der Waals surface area contributed by atoms with E-state index in [1.54, 1.807) is 0 Å². The van der Waals surface area contributed by atoms with E-state index >= 15 is 0 Å². The van der Waals surface area contributed by atoms with E-state index in [2.05, 4.69) is 42.2 Å². The smallest absolute Gasteiger partial charge is 0.142 e. The summed E-state index contributed by atoms with van der Waals surface area (Å²) in [4.78, 5) is 2.56. The lowest BCUT2D eigenvalue weighted by atomic mass is 9.74. The van der Waals surface area contributed by atoms with E-state index < -0.39 is 0 Å². The van der Waals surface area contributed by atoms with E-state index in [1.165, 1.54) is 24.8 Å². The Morgan fingerprint density at radius 3 is 2.74 bits per heavy atom. The first-order valence-corrected chi connectivity index (χ1v) is 8.83. The second kappa shape index (κ2) is 5.64. The minimum atomic E-state index is 0.375. The van der Waals surface area contributed by atoms with Crippen molar-refractivity contribution in [2.24, 2.45) is 0 Å². The molecule has 0 unspecified atom stereocenters. The molecule has 3 nitrogen and oxygen atoms in total. The van der Waals surface area contributed by atoms with Crippen LogP contribution < -0.4 is 0 Å². The highest BCUT2D eigenvalue weighted by Crippen LogP contribution is 2.51. The van der Waals surface area contributed by atoms with Crippen LogP contribution in [0.3, 0.4) is 0 Å². The van der Waals surface area contributed by atoms with Crippen molar-refractivity contribution in [1.82, 2.24) is 10.1 Å². The molecular weight excluding hydrogens is 308 g/mol. The molecule has 2 aromatic rings. The highest BCUT2D eigenvalue weighted by atomic mass is 35.5. The summed E-state index contributed by atoms with van der Waals surface area (Å²) < 4.78 is 5.71. The maximum absolute atomic E-state index is 6.23. The van der Waals surface area contributed by atoms with Crippen LogP contribution >= 0.6 is 11.6 Å². The fourth-order valence-corrected chi connectivity index (χ4v) is 4.75. The van der Waals surface area contributed by atoms with Crippen LogP contribution in [0.5, 0.6) is 0 Å². The standard InChI is InChI=1S/C19H23ClN2O/c1-11-8-13(4-6-16(11)20)15-10-14-5-7-17(22(14)3)19(15)18-9-12(2)21-23-18/h4,6,8-9,14-15,17,19H,5,7,10H2,1-3H3/t14-,15+,17+,19-/m0/s1. The maximum Gasteiger partial charge on any atom is 0.142 e. The fraction of sp³-hybridized carbons (Fsp3) is 0.526. The average Bonchev–Trinajstić information content (AvgIpc) is 3.03. The van der Waals surface area contributed by atoms with Gasteiger partial charge in [0, 0.05) is 29.1 Å². The number of hydrogen-bond acceptors (Lipinski definition) is 3. The summed E-state index contributed by atoms with van der Waals surface area (Å²) in [5, 5.41) is 4.99. The number of rotatable bonds is 2. The summed E-state index contributed by atoms with van der Waals surface area (Å²) in [6.45, 7) is 4.08. The van der Waals surface area contributed by atoms with Gasteiger partial charge in [0.2, 0.25) is 0 Å². The van der Waals surface area contributed by atoms with Crippen molar-refractivity contribution in [2.75, 3.05) is 7.05 Å². The number of nitrogens with zero attached hydrogens (tertiary/aromatic N) is 2. The third kappa shape index (κ3) is 2.50. The number of halogens is 1. The van der Waals surface area contributed by atoms with Crippen LogP contribution in [-0.4, -0.2) is 29.2 Å². The molecule has 0 N–H and O–H groups in total. The molecular formula is C19H23ClN2O. The largest absolute Gasteiger partial charge is 0.361 e. The third-order valence-electron chi connectivity index (χ3n) is 5.85. The van der Waals surface area contributed by atoms with Gasteiger partial charge in [0.25, 0.3) is 0 Å². The minimum absolute atomic E-state index is 0.375. The van der Waals surface area contributed by atoms with E-state index in [9.17, 15) is 0 Å².